The van der Waals surface area contributed by atoms with Crippen molar-refractivity contribution in [3.05, 3.63) is 89.4 Å². The maximum atomic E-state index is 12.7. The lowest BCUT2D eigenvalue weighted by atomic mass is 10.2. The summed E-state index contributed by atoms with van der Waals surface area (Å²) in [5, 5.41) is 11.2. The van der Waals surface area contributed by atoms with Crippen LogP contribution in [0.3, 0.4) is 0 Å². The minimum atomic E-state index is -0.456. The van der Waals surface area contributed by atoms with Gasteiger partial charge in [0.25, 0.3) is 11.8 Å². The van der Waals surface area contributed by atoms with Crippen molar-refractivity contribution in [3.63, 3.8) is 0 Å². The van der Waals surface area contributed by atoms with E-state index in [1.165, 1.54) is 16.8 Å². The Hall–Kier alpha value is -3.62. The van der Waals surface area contributed by atoms with Gasteiger partial charge in [-0.2, -0.15) is 10.1 Å². The summed E-state index contributed by atoms with van der Waals surface area (Å²) in [5.74, 6) is -0.430. The SMILES string of the molecule is CC(Sc1cccc(NC(=O)c2cccc(Cl)c2)c1)C(=O)NC1=NN(c2ccccc2)C(=O)C1. The minimum absolute atomic E-state index is 0.0308. The largest absolute Gasteiger partial charge is 0.322 e. The van der Waals surface area contributed by atoms with Crippen molar-refractivity contribution in [2.45, 2.75) is 23.5 Å². The molecular weight excluding hydrogens is 472 g/mol. The van der Waals surface area contributed by atoms with Crippen LogP contribution in [-0.4, -0.2) is 28.8 Å². The van der Waals surface area contributed by atoms with E-state index >= 15 is 0 Å². The summed E-state index contributed by atoms with van der Waals surface area (Å²) in [4.78, 5) is 38.3. The average Bonchev–Trinajstić information content (AvgIpc) is 3.19. The molecule has 9 heteroatoms. The molecule has 3 aromatic carbocycles. The van der Waals surface area contributed by atoms with Gasteiger partial charge in [0.2, 0.25) is 5.91 Å². The Labute approximate surface area is 206 Å². The predicted octanol–water partition coefficient (Wildman–Crippen LogP) is 4.94. The maximum Gasteiger partial charge on any atom is 0.255 e. The van der Waals surface area contributed by atoms with E-state index in [9.17, 15) is 14.4 Å². The lowest BCUT2D eigenvalue weighted by molar-refractivity contribution is -0.118. The first-order valence-corrected chi connectivity index (χ1v) is 11.7. The number of hydrogen-bond acceptors (Lipinski definition) is 5. The zero-order valence-electron chi connectivity index (χ0n) is 18.2. The highest BCUT2D eigenvalue weighted by molar-refractivity contribution is 8.00. The molecule has 0 saturated heterocycles. The van der Waals surface area contributed by atoms with Gasteiger partial charge in [0.05, 0.1) is 17.4 Å². The van der Waals surface area contributed by atoms with Crippen molar-refractivity contribution in [2.75, 3.05) is 10.3 Å². The molecule has 0 radical (unpaired) electrons. The average molecular weight is 493 g/mol. The molecule has 7 nitrogen and oxygen atoms in total. The molecule has 0 saturated carbocycles. The van der Waals surface area contributed by atoms with Crippen molar-refractivity contribution in [1.29, 1.82) is 0 Å². The molecular formula is C25H21ClN4O3S. The summed E-state index contributed by atoms with van der Waals surface area (Å²) in [7, 11) is 0. The Morgan fingerprint density at radius 3 is 2.53 bits per heavy atom. The van der Waals surface area contributed by atoms with Gasteiger partial charge < -0.3 is 10.6 Å². The van der Waals surface area contributed by atoms with Gasteiger partial charge >= 0.3 is 0 Å². The van der Waals surface area contributed by atoms with Crippen molar-refractivity contribution >= 4 is 58.3 Å². The molecule has 0 aromatic heterocycles. The number of carbonyl (C=O) groups is 3. The number of amidine groups is 1. The highest BCUT2D eigenvalue weighted by atomic mass is 35.5. The third kappa shape index (κ3) is 5.84. The van der Waals surface area contributed by atoms with Crippen molar-refractivity contribution in [1.82, 2.24) is 5.32 Å². The van der Waals surface area contributed by atoms with Crippen molar-refractivity contribution in [3.8, 4) is 0 Å². The van der Waals surface area contributed by atoms with E-state index in [1.54, 1.807) is 61.5 Å². The van der Waals surface area contributed by atoms with Gasteiger partial charge in [-0.05, 0) is 55.5 Å². The van der Waals surface area contributed by atoms with Crippen LogP contribution in [0.5, 0.6) is 0 Å². The molecule has 0 fully saturated rings. The number of nitrogens with one attached hydrogen (secondary N) is 2. The van der Waals surface area contributed by atoms with Gasteiger partial charge in [-0.15, -0.1) is 11.8 Å². The van der Waals surface area contributed by atoms with E-state index in [4.69, 9.17) is 11.6 Å². The minimum Gasteiger partial charge on any atom is -0.322 e. The predicted molar refractivity (Wildman–Crippen MR) is 135 cm³/mol. The van der Waals surface area contributed by atoms with Gasteiger partial charge in [0.15, 0.2) is 0 Å². The monoisotopic (exact) mass is 492 g/mol. The topological polar surface area (TPSA) is 90.9 Å². The zero-order chi connectivity index (χ0) is 24.1. The second-order valence-corrected chi connectivity index (χ2v) is 9.36. The number of halogens is 1. The fraction of sp³-hybridized carbons (Fsp3) is 0.120. The van der Waals surface area contributed by atoms with E-state index in [0.29, 0.717) is 27.8 Å². The Morgan fingerprint density at radius 1 is 1.00 bits per heavy atom. The molecule has 1 atom stereocenters. The maximum absolute atomic E-state index is 12.7. The summed E-state index contributed by atoms with van der Waals surface area (Å²) in [6.07, 6.45) is 0.0308. The molecule has 0 bridgehead atoms. The molecule has 1 unspecified atom stereocenters. The number of nitrogens with zero attached hydrogens (tertiary/aromatic N) is 2. The Balaban J connectivity index is 1.36. The molecule has 172 valence electrons. The Bertz CT molecular complexity index is 1270. The number of benzene rings is 3. The Morgan fingerprint density at radius 2 is 1.76 bits per heavy atom. The summed E-state index contributed by atoms with van der Waals surface area (Å²) >= 11 is 7.30. The molecule has 0 spiro atoms. The standard InChI is InChI=1S/C25H21ClN4O3S/c1-16(24(32)28-22-15-23(31)30(29-22)20-10-3-2-4-11-20)34-21-12-6-9-19(14-21)27-25(33)17-7-5-8-18(26)13-17/h2-14,16H,15H2,1H3,(H,27,33)(H,28,29,32). The van der Waals surface area contributed by atoms with Crippen LogP contribution < -0.4 is 15.6 Å². The number of anilines is 2. The zero-order valence-corrected chi connectivity index (χ0v) is 19.8. The molecule has 1 heterocycles. The fourth-order valence-corrected chi connectivity index (χ4v) is 4.37. The normalized spacial score (nSPS) is 13.9. The number of rotatable bonds is 6. The van der Waals surface area contributed by atoms with Gasteiger partial charge in [0, 0.05) is 21.2 Å². The number of para-hydroxylation sites is 1. The van der Waals surface area contributed by atoms with Crippen LogP contribution in [0.1, 0.15) is 23.7 Å². The first kappa shape index (κ1) is 23.5. The van der Waals surface area contributed by atoms with Crippen LogP contribution in [-0.2, 0) is 9.59 Å². The lowest BCUT2D eigenvalue weighted by Gasteiger charge is -2.13. The number of carbonyl (C=O) groups excluding carboxylic acids is 3. The van der Waals surface area contributed by atoms with Crippen LogP contribution in [0.4, 0.5) is 11.4 Å². The van der Waals surface area contributed by atoms with E-state index in [2.05, 4.69) is 15.7 Å². The van der Waals surface area contributed by atoms with E-state index in [1.807, 2.05) is 24.3 Å². The summed E-state index contributed by atoms with van der Waals surface area (Å²) in [6.45, 7) is 1.77. The summed E-state index contributed by atoms with van der Waals surface area (Å²) in [6, 6.07) is 23.0. The van der Waals surface area contributed by atoms with Crippen molar-refractivity contribution in [2.24, 2.45) is 5.10 Å². The summed E-state index contributed by atoms with van der Waals surface area (Å²) < 4.78 is 0. The smallest absolute Gasteiger partial charge is 0.255 e. The van der Waals surface area contributed by atoms with Crippen LogP contribution >= 0.6 is 23.4 Å². The first-order valence-electron chi connectivity index (χ1n) is 10.5. The Kier molecular flexibility index (Phi) is 7.30. The molecule has 3 amide bonds. The molecule has 0 aliphatic carbocycles. The lowest BCUT2D eigenvalue weighted by Crippen LogP contribution is -2.35. The van der Waals surface area contributed by atoms with Gasteiger partial charge in [0.1, 0.15) is 5.84 Å². The van der Waals surface area contributed by atoms with Gasteiger partial charge in [-0.1, -0.05) is 41.9 Å². The highest BCUT2D eigenvalue weighted by Crippen LogP contribution is 2.27. The first-order chi connectivity index (χ1) is 16.4. The van der Waals surface area contributed by atoms with Crippen LogP contribution in [0.2, 0.25) is 5.02 Å². The van der Waals surface area contributed by atoms with E-state index < -0.39 is 5.25 Å². The van der Waals surface area contributed by atoms with Crippen LogP contribution in [0.25, 0.3) is 0 Å². The number of hydrogen-bond donors (Lipinski definition) is 2. The quantitative estimate of drug-likeness (QED) is 0.477. The van der Waals surface area contributed by atoms with Gasteiger partial charge in [-0.3, -0.25) is 14.4 Å². The van der Waals surface area contributed by atoms with E-state index in [0.717, 1.165) is 4.90 Å². The summed E-state index contributed by atoms with van der Waals surface area (Å²) in [5.41, 5.74) is 1.71. The third-order valence-corrected chi connectivity index (χ3v) is 6.23. The van der Waals surface area contributed by atoms with Crippen LogP contribution in [0, 0.1) is 0 Å². The molecule has 2 N–H and O–H groups in total. The molecule has 1 aliphatic rings. The number of hydrazone groups is 1. The van der Waals surface area contributed by atoms with Crippen LogP contribution in [0.15, 0.2) is 88.9 Å². The second kappa shape index (κ2) is 10.5. The molecule has 34 heavy (non-hydrogen) atoms. The third-order valence-electron chi connectivity index (χ3n) is 4.90. The van der Waals surface area contributed by atoms with E-state index in [-0.39, 0.29) is 24.1 Å². The number of thioether (sulfide) groups is 1. The van der Waals surface area contributed by atoms with Gasteiger partial charge in [-0.25, -0.2) is 0 Å². The number of amides is 3. The molecule has 1 aliphatic heterocycles. The molecule has 3 aromatic rings. The fourth-order valence-electron chi connectivity index (χ4n) is 3.25. The van der Waals surface area contributed by atoms with Crippen molar-refractivity contribution < 1.29 is 14.4 Å². The highest BCUT2D eigenvalue weighted by Gasteiger charge is 2.27. The molecule has 4 rings (SSSR count). The second-order valence-electron chi connectivity index (χ2n) is 7.51.